The SMILES string of the molecule is O=C(NC[C@H](NC(=O)C(F)(F)C(F)F)C(=O)Nc1ccc(N2CCOCC2=O)c(F)c1)c1ccc(Cl)s1. The minimum Gasteiger partial charge on any atom is -0.370 e. The van der Waals surface area contributed by atoms with Gasteiger partial charge in [0.15, 0.2) is 0 Å². The zero-order chi connectivity index (χ0) is 27.3. The van der Waals surface area contributed by atoms with Crippen LogP contribution in [0.4, 0.5) is 33.3 Å². The van der Waals surface area contributed by atoms with E-state index in [1.54, 1.807) is 0 Å². The molecular weight excluding hydrogens is 551 g/mol. The van der Waals surface area contributed by atoms with E-state index in [-0.39, 0.29) is 40.3 Å². The number of nitrogens with zero attached hydrogens (tertiary/aromatic N) is 1. The number of ether oxygens (including phenoxy) is 1. The van der Waals surface area contributed by atoms with Crippen LogP contribution in [0.15, 0.2) is 30.3 Å². The number of halogens is 6. The van der Waals surface area contributed by atoms with E-state index in [0.717, 1.165) is 22.3 Å². The third-order valence-corrected chi connectivity index (χ3v) is 6.18. The average molecular weight is 569 g/mol. The minimum atomic E-state index is -5.12. The van der Waals surface area contributed by atoms with Gasteiger partial charge in [-0.3, -0.25) is 19.2 Å². The second-order valence-electron chi connectivity index (χ2n) is 7.52. The highest BCUT2D eigenvalue weighted by Crippen LogP contribution is 2.25. The minimum absolute atomic E-state index is 0.0864. The Morgan fingerprint density at radius 3 is 2.51 bits per heavy atom. The Labute approximate surface area is 214 Å². The van der Waals surface area contributed by atoms with E-state index < -0.39 is 54.4 Å². The number of nitrogens with one attached hydrogen (secondary N) is 3. The Morgan fingerprint density at radius 1 is 1.19 bits per heavy atom. The highest BCUT2D eigenvalue weighted by molar-refractivity contribution is 7.18. The lowest BCUT2D eigenvalue weighted by Crippen LogP contribution is -2.56. The van der Waals surface area contributed by atoms with Crippen molar-refractivity contribution in [2.45, 2.75) is 18.4 Å². The molecule has 2 heterocycles. The highest BCUT2D eigenvalue weighted by Gasteiger charge is 2.50. The van der Waals surface area contributed by atoms with Crippen LogP contribution in [0.25, 0.3) is 0 Å². The Morgan fingerprint density at radius 2 is 1.92 bits per heavy atom. The van der Waals surface area contributed by atoms with Gasteiger partial charge in [-0.25, -0.2) is 13.2 Å². The second kappa shape index (κ2) is 11.8. The maximum absolute atomic E-state index is 14.7. The molecule has 16 heteroatoms. The molecule has 1 saturated heterocycles. The molecule has 3 N–H and O–H groups in total. The summed E-state index contributed by atoms with van der Waals surface area (Å²) >= 11 is 6.61. The van der Waals surface area contributed by atoms with Gasteiger partial charge in [0, 0.05) is 18.8 Å². The summed E-state index contributed by atoms with van der Waals surface area (Å²) in [6.45, 7) is -0.763. The molecule has 2 aromatic rings. The summed E-state index contributed by atoms with van der Waals surface area (Å²) in [6.07, 6.45) is -4.36. The van der Waals surface area contributed by atoms with Gasteiger partial charge in [0.1, 0.15) is 18.5 Å². The molecule has 9 nitrogen and oxygen atoms in total. The molecule has 1 aromatic carbocycles. The maximum atomic E-state index is 14.7. The molecule has 37 heavy (non-hydrogen) atoms. The summed E-state index contributed by atoms with van der Waals surface area (Å²) in [4.78, 5) is 49.8. The van der Waals surface area contributed by atoms with E-state index >= 15 is 0 Å². The van der Waals surface area contributed by atoms with E-state index in [1.807, 2.05) is 0 Å². The molecule has 0 bridgehead atoms. The monoisotopic (exact) mass is 568 g/mol. The third kappa shape index (κ3) is 6.93. The maximum Gasteiger partial charge on any atom is 0.383 e. The number of morpholine rings is 1. The molecule has 4 amide bonds. The molecular formula is C21H18ClF5N4O5S. The van der Waals surface area contributed by atoms with Crippen LogP contribution in [-0.4, -0.2) is 68.3 Å². The normalized spacial score (nSPS) is 14.9. The summed E-state index contributed by atoms with van der Waals surface area (Å²) in [5.41, 5.74) is -0.308. The van der Waals surface area contributed by atoms with Crippen molar-refractivity contribution in [1.29, 1.82) is 0 Å². The fourth-order valence-electron chi connectivity index (χ4n) is 3.09. The molecule has 1 aromatic heterocycles. The molecule has 0 unspecified atom stereocenters. The van der Waals surface area contributed by atoms with Crippen LogP contribution in [0, 0.1) is 5.82 Å². The van der Waals surface area contributed by atoms with Gasteiger partial charge in [-0.1, -0.05) is 11.6 Å². The first-order valence-electron chi connectivity index (χ1n) is 10.4. The Kier molecular flexibility index (Phi) is 9.04. The number of amides is 4. The first-order valence-corrected chi connectivity index (χ1v) is 11.6. The first-order chi connectivity index (χ1) is 17.4. The van der Waals surface area contributed by atoms with Gasteiger partial charge in [0.2, 0.25) is 5.91 Å². The summed E-state index contributed by atoms with van der Waals surface area (Å²) in [5, 5.41) is 5.84. The summed E-state index contributed by atoms with van der Waals surface area (Å²) in [7, 11) is 0. The Bertz CT molecular complexity index is 1200. The van der Waals surface area contributed by atoms with Crippen LogP contribution in [0.2, 0.25) is 4.34 Å². The topological polar surface area (TPSA) is 117 Å². The van der Waals surface area contributed by atoms with Crippen LogP contribution >= 0.6 is 22.9 Å². The Hall–Kier alpha value is -3.30. The molecule has 0 saturated carbocycles. The smallest absolute Gasteiger partial charge is 0.370 e. The number of carbonyl (C=O) groups is 4. The highest BCUT2D eigenvalue weighted by atomic mass is 35.5. The number of anilines is 2. The Balaban J connectivity index is 1.75. The molecule has 0 aliphatic carbocycles. The fraction of sp³-hybridized carbons (Fsp3) is 0.333. The van der Waals surface area contributed by atoms with Crippen molar-refractivity contribution in [1.82, 2.24) is 10.6 Å². The van der Waals surface area contributed by atoms with Crippen molar-refractivity contribution in [3.05, 3.63) is 45.4 Å². The number of carbonyl (C=O) groups excluding carboxylic acids is 4. The average Bonchev–Trinajstić information content (AvgIpc) is 3.28. The van der Waals surface area contributed by atoms with E-state index in [4.69, 9.17) is 16.3 Å². The molecule has 3 rings (SSSR count). The summed E-state index contributed by atoms with van der Waals surface area (Å²) in [6, 6.07) is 3.98. The zero-order valence-corrected chi connectivity index (χ0v) is 20.1. The van der Waals surface area contributed by atoms with Gasteiger partial charge in [-0.15, -0.1) is 11.3 Å². The van der Waals surface area contributed by atoms with Gasteiger partial charge in [-0.2, -0.15) is 8.78 Å². The number of hydrogen-bond donors (Lipinski definition) is 3. The number of benzene rings is 1. The van der Waals surface area contributed by atoms with Crippen LogP contribution in [0.1, 0.15) is 9.67 Å². The van der Waals surface area contributed by atoms with Gasteiger partial charge in [-0.05, 0) is 30.3 Å². The third-order valence-electron chi connectivity index (χ3n) is 4.95. The number of rotatable bonds is 9. The van der Waals surface area contributed by atoms with E-state index in [9.17, 15) is 41.1 Å². The molecule has 1 aliphatic rings. The predicted octanol–water partition coefficient (Wildman–Crippen LogP) is 2.66. The van der Waals surface area contributed by atoms with Crippen molar-refractivity contribution >= 4 is 57.9 Å². The molecule has 0 spiro atoms. The standard InChI is InChI=1S/C21H18ClF5N4O5S/c22-15-4-3-14(37-15)18(34)28-8-12(30-20(35)21(26,27)19(24)25)17(33)29-10-1-2-13(11(23)7-10)31-5-6-36-9-16(31)32/h1-4,7,12,19H,5-6,8-9H2,(H,28,34)(H,29,33)(H,30,35)/t12-/m0/s1. The van der Waals surface area contributed by atoms with Crippen molar-refractivity contribution in [2.75, 3.05) is 36.5 Å². The van der Waals surface area contributed by atoms with Crippen LogP contribution < -0.4 is 20.9 Å². The van der Waals surface area contributed by atoms with E-state index in [2.05, 4.69) is 10.6 Å². The quantitative estimate of drug-likeness (QED) is 0.402. The zero-order valence-electron chi connectivity index (χ0n) is 18.5. The van der Waals surface area contributed by atoms with Crippen LogP contribution in [0.5, 0.6) is 0 Å². The number of hydrogen-bond acceptors (Lipinski definition) is 6. The summed E-state index contributed by atoms with van der Waals surface area (Å²) in [5.74, 6) is -11.0. The number of alkyl halides is 4. The van der Waals surface area contributed by atoms with Gasteiger partial charge in [0.05, 0.1) is 21.5 Å². The van der Waals surface area contributed by atoms with Gasteiger partial charge < -0.3 is 25.6 Å². The fourth-order valence-corrected chi connectivity index (χ4v) is 4.05. The van der Waals surface area contributed by atoms with Crippen molar-refractivity contribution in [3.8, 4) is 0 Å². The van der Waals surface area contributed by atoms with Crippen molar-refractivity contribution < 1.29 is 45.9 Å². The largest absolute Gasteiger partial charge is 0.383 e. The molecule has 1 atom stereocenters. The number of thiophene rings is 1. The molecule has 200 valence electrons. The van der Waals surface area contributed by atoms with Gasteiger partial charge >= 0.3 is 12.3 Å². The lowest BCUT2D eigenvalue weighted by atomic mass is 10.2. The lowest BCUT2D eigenvalue weighted by molar-refractivity contribution is -0.170. The molecule has 1 aliphatic heterocycles. The molecule has 0 radical (unpaired) electrons. The summed E-state index contributed by atoms with van der Waals surface area (Å²) < 4.78 is 72.0. The first kappa shape index (κ1) is 28.3. The van der Waals surface area contributed by atoms with Crippen molar-refractivity contribution in [3.63, 3.8) is 0 Å². The van der Waals surface area contributed by atoms with E-state index in [0.29, 0.717) is 0 Å². The van der Waals surface area contributed by atoms with Crippen molar-refractivity contribution in [2.24, 2.45) is 0 Å². The predicted molar refractivity (Wildman–Crippen MR) is 123 cm³/mol. The second-order valence-corrected chi connectivity index (χ2v) is 9.23. The molecule has 1 fully saturated rings. The van der Waals surface area contributed by atoms with Gasteiger partial charge in [0.25, 0.3) is 17.7 Å². The van der Waals surface area contributed by atoms with Crippen LogP contribution in [0.3, 0.4) is 0 Å². The lowest BCUT2D eigenvalue weighted by Gasteiger charge is -2.27. The van der Waals surface area contributed by atoms with Crippen LogP contribution in [-0.2, 0) is 19.1 Å². The van der Waals surface area contributed by atoms with E-state index in [1.165, 1.54) is 29.6 Å².